The SMILES string of the molecule is Cn1cc(CCCNC(=O)C2CCCc3ccccc32)cn1. The molecule has 1 heterocycles. The van der Waals surface area contributed by atoms with E-state index >= 15 is 0 Å². The van der Waals surface area contributed by atoms with Gasteiger partial charge in [0.25, 0.3) is 0 Å². The van der Waals surface area contributed by atoms with Crippen molar-refractivity contribution in [2.75, 3.05) is 6.54 Å². The molecular formula is C18H23N3O. The molecule has 1 unspecified atom stereocenters. The quantitative estimate of drug-likeness (QED) is 0.862. The fourth-order valence-corrected chi connectivity index (χ4v) is 3.25. The highest BCUT2D eigenvalue weighted by Crippen LogP contribution is 2.31. The van der Waals surface area contributed by atoms with Gasteiger partial charge in [-0.3, -0.25) is 9.48 Å². The lowest BCUT2D eigenvalue weighted by molar-refractivity contribution is -0.122. The summed E-state index contributed by atoms with van der Waals surface area (Å²) in [5.74, 6) is 0.210. The van der Waals surface area contributed by atoms with E-state index in [1.807, 2.05) is 30.2 Å². The second-order valence-electron chi connectivity index (χ2n) is 6.06. The first-order chi connectivity index (χ1) is 10.7. The molecule has 2 aromatic rings. The first-order valence-electron chi connectivity index (χ1n) is 8.07. The van der Waals surface area contributed by atoms with Gasteiger partial charge in [-0.05, 0) is 48.8 Å². The molecule has 1 aliphatic rings. The molecule has 0 saturated carbocycles. The lowest BCUT2D eigenvalue weighted by Gasteiger charge is -2.24. The Morgan fingerprint density at radius 1 is 1.41 bits per heavy atom. The maximum absolute atomic E-state index is 12.4. The molecule has 0 bridgehead atoms. The average Bonchev–Trinajstić information content (AvgIpc) is 2.96. The molecule has 1 amide bonds. The van der Waals surface area contributed by atoms with Gasteiger partial charge >= 0.3 is 0 Å². The van der Waals surface area contributed by atoms with E-state index in [4.69, 9.17) is 0 Å². The Morgan fingerprint density at radius 3 is 3.09 bits per heavy atom. The largest absolute Gasteiger partial charge is 0.356 e. The number of nitrogens with one attached hydrogen (secondary N) is 1. The molecule has 4 nitrogen and oxygen atoms in total. The Morgan fingerprint density at radius 2 is 2.27 bits per heavy atom. The van der Waals surface area contributed by atoms with Gasteiger partial charge in [0, 0.05) is 19.8 Å². The van der Waals surface area contributed by atoms with Crippen LogP contribution in [-0.2, 0) is 24.7 Å². The number of hydrogen-bond donors (Lipinski definition) is 1. The lowest BCUT2D eigenvalue weighted by atomic mass is 9.82. The van der Waals surface area contributed by atoms with Crippen LogP contribution in [0.3, 0.4) is 0 Å². The van der Waals surface area contributed by atoms with E-state index in [9.17, 15) is 4.79 Å². The van der Waals surface area contributed by atoms with Crippen LogP contribution in [0.15, 0.2) is 36.7 Å². The summed E-state index contributed by atoms with van der Waals surface area (Å²) >= 11 is 0. The number of aryl methyl sites for hydroxylation is 3. The van der Waals surface area contributed by atoms with E-state index < -0.39 is 0 Å². The highest BCUT2D eigenvalue weighted by molar-refractivity contribution is 5.84. The molecule has 3 rings (SSSR count). The Kier molecular flexibility index (Phi) is 4.56. The normalized spacial score (nSPS) is 17.0. The molecular weight excluding hydrogens is 274 g/mol. The Labute approximate surface area is 131 Å². The standard InChI is InChI=1S/C18H23N3O/c1-21-13-14(12-20-21)6-5-11-19-18(22)17-10-4-8-15-7-2-3-9-16(15)17/h2-3,7,9,12-13,17H,4-6,8,10-11H2,1H3,(H,19,22). The van der Waals surface area contributed by atoms with Gasteiger partial charge in [0.2, 0.25) is 5.91 Å². The van der Waals surface area contributed by atoms with Crippen molar-refractivity contribution in [1.29, 1.82) is 0 Å². The Bertz CT molecular complexity index is 647. The van der Waals surface area contributed by atoms with E-state index in [0.29, 0.717) is 0 Å². The highest BCUT2D eigenvalue weighted by Gasteiger charge is 2.25. The zero-order valence-electron chi connectivity index (χ0n) is 13.1. The van der Waals surface area contributed by atoms with E-state index in [0.717, 1.165) is 38.6 Å². The van der Waals surface area contributed by atoms with Gasteiger partial charge in [0.1, 0.15) is 0 Å². The first kappa shape index (κ1) is 14.8. The van der Waals surface area contributed by atoms with Gasteiger partial charge in [-0.2, -0.15) is 5.10 Å². The number of amides is 1. The van der Waals surface area contributed by atoms with E-state index in [1.165, 1.54) is 16.7 Å². The Balaban J connectivity index is 1.50. The van der Waals surface area contributed by atoms with Crippen LogP contribution in [0.4, 0.5) is 0 Å². The summed E-state index contributed by atoms with van der Waals surface area (Å²) in [6.07, 6.45) is 8.98. The molecule has 1 aliphatic carbocycles. The van der Waals surface area contributed by atoms with Crippen LogP contribution in [0.5, 0.6) is 0 Å². The fourth-order valence-electron chi connectivity index (χ4n) is 3.25. The number of nitrogens with zero attached hydrogens (tertiary/aromatic N) is 2. The number of hydrogen-bond acceptors (Lipinski definition) is 2. The van der Waals surface area contributed by atoms with Crippen molar-refractivity contribution in [1.82, 2.24) is 15.1 Å². The van der Waals surface area contributed by atoms with Crippen LogP contribution in [-0.4, -0.2) is 22.2 Å². The van der Waals surface area contributed by atoms with Crippen LogP contribution in [0, 0.1) is 0 Å². The number of fused-ring (bicyclic) bond motifs is 1. The lowest BCUT2D eigenvalue weighted by Crippen LogP contribution is -2.32. The molecule has 22 heavy (non-hydrogen) atoms. The molecule has 1 aromatic carbocycles. The molecule has 0 spiro atoms. The molecule has 1 aromatic heterocycles. The van der Waals surface area contributed by atoms with Crippen LogP contribution >= 0.6 is 0 Å². The van der Waals surface area contributed by atoms with Crippen molar-refractivity contribution >= 4 is 5.91 Å². The van der Waals surface area contributed by atoms with Crippen molar-refractivity contribution in [2.24, 2.45) is 7.05 Å². The van der Waals surface area contributed by atoms with Gasteiger partial charge in [-0.15, -0.1) is 0 Å². The number of rotatable bonds is 5. The third-order valence-corrected chi connectivity index (χ3v) is 4.39. The maximum atomic E-state index is 12.4. The fraction of sp³-hybridized carbons (Fsp3) is 0.444. The first-order valence-corrected chi connectivity index (χ1v) is 8.07. The van der Waals surface area contributed by atoms with Crippen molar-refractivity contribution in [2.45, 2.75) is 38.0 Å². The molecule has 4 heteroatoms. The summed E-state index contributed by atoms with van der Waals surface area (Å²) in [5.41, 5.74) is 3.78. The second kappa shape index (κ2) is 6.77. The predicted octanol–water partition coefficient (Wildman–Crippen LogP) is 2.59. The van der Waals surface area contributed by atoms with Gasteiger partial charge in [-0.25, -0.2) is 0 Å². The average molecular weight is 297 g/mol. The zero-order valence-corrected chi connectivity index (χ0v) is 13.1. The van der Waals surface area contributed by atoms with Gasteiger partial charge in [0.15, 0.2) is 0 Å². The third-order valence-electron chi connectivity index (χ3n) is 4.39. The summed E-state index contributed by atoms with van der Waals surface area (Å²) in [7, 11) is 1.92. The van der Waals surface area contributed by atoms with Crippen LogP contribution in [0.1, 0.15) is 41.9 Å². The summed E-state index contributed by atoms with van der Waals surface area (Å²) < 4.78 is 1.81. The second-order valence-corrected chi connectivity index (χ2v) is 6.06. The maximum Gasteiger partial charge on any atom is 0.227 e. The summed E-state index contributed by atoms with van der Waals surface area (Å²) in [6, 6.07) is 8.35. The topological polar surface area (TPSA) is 46.9 Å². The molecule has 1 atom stereocenters. The number of benzene rings is 1. The van der Waals surface area contributed by atoms with E-state index in [-0.39, 0.29) is 11.8 Å². The van der Waals surface area contributed by atoms with Gasteiger partial charge in [0.05, 0.1) is 12.1 Å². The van der Waals surface area contributed by atoms with Crippen LogP contribution in [0.2, 0.25) is 0 Å². The van der Waals surface area contributed by atoms with E-state index in [2.05, 4.69) is 28.6 Å². The van der Waals surface area contributed by atoms with Crippen LogP contribution < -0.4 is 5.32 Å². The highest BCUT2D eigenvalue weighted by atomic mass is 16.1. The molecule has 0 radical (unpaired) electrons. The summed E-state index contributed by atoms with van der Waals surface area (Å²) in [4.78, 5) is 12.4. The van der Waals surface area contributed by atoms with Crippen molar-refractivity contribution in [3.8, 4) is 0 Å². The number of carbonyl (C=O) groups is 1. The molecule has 0 aliphatic heterocycles. The molecule has 116 valence electrons. The minimum Gasteiger partial charge on any atom is -0.356 e. The number of aromatic nitrogens is 2. The van der Waals surface area contributed by atoms with Crippen molar-refractivity contribution in [3.05, 3.63) is 53.3 Å². The van der Waals surface area contributed by atoms with Crippen molar-refractivity contribution in [3.63, 3.8) is 0 Å². The monoisotopic (exact) mass is 297 g/mol. The zero-order chi connectivity index (χ0) is 15.4. The van der Waals surface area contributed by atoms with Gasteiger partial charge < -0.3 is 5.32 Å². The Hall–Kier alpha value is -2.10. The number of carbonyl (C=O) groups excluding carboxylic acids is 1. The third kappa shape index (κ3) is 3.38. The molecule has 0 saturated heterocycles. The summed E-state index contributed by atoms with van der Waals surface area (Å²) in [5, 5.41) is 7.26. The molecule has 1 N–H and O–H groups in total. The minimum atomic E-state index is 0.0309. The molecule has 0 fully saturated rings. The van der Waals surface area contributed by atoms with Crippen molar-refractivity contribution < 1.29 is 4.79 Å². The van der Waals surface area contributed by atoms with E-state index in [1.54, 1.807) is 0 Å². The minimum absolute atomic E-state index is 0.0309. The smallest absolute Gasteiger partial charge is 0.227 e. The van der Waals surface area contributed by atoms with Crippen LogP contribution in [0.25, 0.3) is 0 Å². The van der Waals surface area contributed by atoms with Gasteiger partial charge in [-0.1, -0.05) is 24.3 Å². The predicted molar refractivity (Wildman–Crippen MR) is 86.7 cm³/mol. The summed E-state index contributed by atoms with van der Waals surface area (Å²) in [6.45, 7) is 0.729.